The number of carbonyl (C=O) groups is 1. The third-order valence-corrected chi connectivity index (χ3v) is 5.14. The van der Waals surface area contributed by atoms with Crippen LogP contribution in [0.25, 0.3) is 6.08 Å². The normalized spacial score (nSPS) is 14.8. The molecule has 4 heterocycles. The van der Waals surface area contributed by atoms with Gasteiger partial charge in [-0.15, -0.1) is 0 Å². The van der Waals surface area contributed by atoms with E-state index in [0.717, 1.165) is 36.5 Å². The van der Waals surface area contributed by atoms with Gasteiger partial charge in [0.05, 0.1) is 11.3 Å². The number of nitrogens with zero attached hydrogens (tertiary/aromatic N) is 4. The van der Waals surface area contributed by atoms with Crippen LogP contribution in [0.2, 0.25) is 0 Å². The van der Waals surface area contributed by atoms with Crippen molar-refractivity contribution in [2.75, 3.05) is 6.54 Å². The minimum absolute atomic E-state index is 0.240. The Hall–Kier alpha value is -3.65. The average Bonchev–Trinajstić information content (AvgIpc) is 3.26. The van der Waals surface area contributed by atoms with Crippen molar-refractivity contribution >= 4 is 17.7 Å². The van der Waals surface area contributed by atoms with E-state index < -0.39 is 0 Å². The fourth-order valence-electron chi connectivity index (χ4n) is 3.52. The predicted molar refractivity (Wildman–Crippen MR) is 115 cm³/mol. The minimum Gasteiger partial charge on any atom is -0.359 e. The number of hydrogen-bond donors (Lipinski definition) is 3. The van der Waals surface area contributed by atoms with Crippen LogP contribution in [0.3, 0.4) is 0 Å². The van der Waals surface area contributed by atoms with Crippen LogP contribution in [0.15, 0.2) is 53.8 Å². The molecule has 0 radical (unpaired) electrons. The first-order chi connectivity index (χ1) is 14.6. The number of amides is 1. The number of pyridine rings is 1. The zero-order valence-corrected chi connectivity index (χ0v) is 16.9. The maximum Gasteiger partial charge on any atom is 0.273 e. The highest BCUT2D eigenvalue weighted by Crippen LogP contribution is 2.23. The number of aromatic amines is 1. The van der Waals surface area contributed by atoms with Gasteiger partial charge in [-0.1, -0.05) is 0 Å². The lowest BCUT2D eigenvalue weighted by molar-refractivity contribution is -0.116. The molecule has 0 atom stereocenters. The van der Waals surface area contributed by atoms with E-state index in [0.29, 0.717) is 17.0 Å². The summed E-state index contributed by atoms with van der Waals surface area (Å²) in [5.41, 5.74) is 9.75. The first-order valence-corrected chi connectivity index (χ1v) is 9.77. The van der Waals surface area contributed by atoms with Gasteiger partial charge in [0.15, 0.2) is 0 Å². The summed E-state index contributed by atoms with van der Waals surface area (Å²) < 4.78 is 0. The number of hydrogen-bond acceptors (Lipinski definition) is 6. The van der Waals surface area contributed by atoms with Crippen molar-refractivity contribution < 1.29 is 4.79 Å². The fourth-order valence-corrected chi connectivity index (χ4v) is 3.52. The van der Waals surface area contributed by atoms with Crippen molar-refractivity contribution in [3.63, 3.8) is 0 Å². The lowest BCUT2D eigenvalue weighted by atomic mass is 10.0. The highest BCUT2D eigenvalue weighted by atomic mass is 16.2. The summed E-state index contributed by atoms with van der Waals surface area (Å²) in [6, 6.07) is 5.75. The Balaban J connectivity index is 1.49. The van der Waals surface area contributed by atoms with E-state index in [9.17, 15) is 4.79 Å². The monoisotopic (exact) mass is 401 g/mol. The molecule has 1 aliphatic heterocycles. The highest BCUT2D eigenvalue weighted by Gasteiger charge is 2.25. The Morgan fingerprint density at radius 2 is 1.90 bits per heavy atom. The topological polar surface area (TPSA) is 108 Å². The van der Waals surface area contributed by atoms with Crippen LogP contribution < -0.4 is 10.7 Å². The Labute approximate surface area is 174 Å². The van der Waals surface area contributed by atoms with Crippen LogP contribution in [0, 0.1) is 13.8 Å². The quantitative estimate of drug-likeness (QED) is 0.415. The molecule has 0 fully saturated rings. The molecule has 0 aliphatic carbocycles. The third kappa shape index (κ3) is 4.18. The zero-order chi connectivity index (χ0) is 20.9. The molecule has 0 saturated carbocycles. The Kier molecular flexibility index (Phi) is 5.76. The molecule has 8 heteroatoms. The van der Waals surface area contributed by atoms with Crippen LogP contribution in [-0.4, -0.2) is 38.1 Å². The van der Waals surface area contributed by atoms with Gasteiger partial charge in [0.1, 0.15) is 12.0 Å². The van der Waals surface area contributed by atoms with Crippen LogP contribution in [0.5, 0.6) is 0 Å². The summed E-state index contributed by atoms with van der Waals surface area (Å²) in [6.07, 6.45) is 9.41. The first kappa shape index (κ1) is 19.7. The van der Waals surface area contributed by atoms with E-state index in [-0.39, 0.29) is 5.91 Å². The van der Waals surface area contributed by atoms with Crippen molar-refractivity contribution in [2.24, 2.45) is 5.10 Å². The molecular formula is C22H23N7O. The number of carbonyl (C=O) groups excluding carboxylic acids is 1. The summed E-state index contributed by atoms with van der Waals surface area (Å²) in [7, 11) is 0. The first-order valence-electron chi connectivity index (χ1n) is 9.77. The molecule has 30 heavy (non-hydrogen) atoms. The van der Waals surface area contributed by atoms with Gasteiger partial charge in [0.25, 0.3) is 5.91 Å². The summed E-state index contributed by atoms with van der Waals surface area (Å²) in [5, 5.41) is 7.61. The van der Waals surface area contributed by atoms with E-state index in [4.69, 9.17) is 0 Å². The molecule has 3 N–H and O–H groups in total. The molecule has 8 nitrogen and oxygen atoms in total. The smallest absolute Gasteiger partial charge is 0.273 e. The van der Waals surface area contributed by atoms with E-state index in [1.807, 2.05) is 18.2 Å². The van der Waals surface area contributed by atoms with Crippen molar-refractivity contribution in [1.29, 1.82) is 0 Å². The molecule has 0 bridgehead atoms. The van der Waals surface area contributed by atoms with E-state index in [1.54, 1.807) is 24.7 Å². The number of nitrogens with one attached hydrogen (secondary N) is 3. The molecule has 3 aromatic heterocycles. The van der Waals surface area contributed by atoms with Crippen LogP contribution in [0.1, 0.15) is 33.8 Å². The summed E-state index contributed by atoms with van der Waals surface area (Å²) >= 11 is 0. The minimum atomic E-state index is -0.240. The third-order valence-electron chi connectivity index (χ3n) is 5.14. The number of aromatic nitrogens is 4. The molecule has 4 rings (SSSR count). The fraction of sp³-hybridized carbons (Fsp3) is 0.227. The second-order valence-corrected chi connectivity index (χ2v) is 7.10. The second kappa shape index (κ2) is 8.79. The van der Waals surface area contributed by atoms with Crippen molar-refractivity contribution in [3.05, 3.63) is 82.5 Å². The van der Waals surface area contributed by atoms with Gasteiger partial charge in [0, 0.05) is 36.5 Å². The Morgan fingerprint density at radius 3 is 2.67 bits per heavy atom. The molecule has 0 aromatic carbocycles. The number of rotatable bonds is 7. The standard InChI is InChI=1S/C22H23N7O/c1-14-17(5-9-24-12-16-3-7-23-8-4-16)15(2)27-20(14)11-18-21(28-29-22(18)30)19-6-10-25-13-26-19/h3-4,6-8,10-11,13,24,27H,5,9,12H2,1-2H3,(H,29,30). The van der Waals surface area contributed by atoms with Crippen molar-refractivity contribution in [3.8, 4) is 0 Å². The molecule has 3 aromatic rings. The molecule has 1 amide bonds. The van der Waals surface area contributed by atoms with E-state index in [2.05, 4.69) is 49.6 Å². The van der Waals surface area contributed by atoms with Crippen LogP contribution in [-0.2, 0) is 17.8 Å². The molecule has 0 spiro atoms. The largest absolute Gasteiger partial charge is 0.359 e. The number of H-pyrrole nitrogens is 1. The molecular weight excluding hydrogens is 378 g/mol. The van der Waals surface area contributed by atoms with Gasteiger partial charge < -0.3 is 10.3 Å². The molecule has 1 aliphatic rings. The van der Waals surface area contributed by atoms with Gasteiger partial charge in [0.2, 0.25) is 0 Å². The van der Waals surface area contributed by atoms with Crippen molar-refractivity contribution in [2.45, 2.75) is 26.8 Å². The van der Waals surface area contributed by atoms with E-state index in [1.165, 1.54) is 17.5 Å². The predicted octanol–water partition coefficient (Wildman–Crippen LogP) is 2.07. The summed E-state index contributed by atoms with van der Waals surface area (Å²) in [5.74, 6) is -0.240. The highest BCUT2D eigenvalue weighted by molar-refractivity contribution is 6.32. The van der Waals surface area contributed by atoms with Crippen LogP contribution in [0.4, 0.5) is 0 Å². The number of aryl methyl sites for hydroxylation is 1. The SMILES string of the molecule is Cc1[nH]c(C=C2C(=O)NN=C2c2ccncn2)c(C)c1CCNCc1ccncc1. The number of hydrazone groups is 1. The lowest BCUT2D eigenvalue weighted by Crippen LogP contribution is -2.17. The van der Waals surface area contributed by atoms with Crippen molar-refractivity contribution in [1.82, 2.24) is 30.7 Å². The van der Waals surface area contributed by atoms with Gasteiger partial charge in [-0.2, -0.15) is 5.10 Å². The summed E-state index contributed by atoms with van der Waals surface area (Å²) in [4.78, 5) is 27.9. The van der Waals surface area contributed by atoms with Gasteiger partial charge in [-0.3, -0.25) is 9.78 Å². The molecule has 0 unspecified atom stereocenters. The Morgan fingerprint density at radius 1 is 1.10 bits per heavy atom. The maximum atomic E-state index is 12.3. The van der Waals surface area contributed by atoms with Gasteiger partial charge in [-0.25, -0.2) is 15.4 Å². The lowest BCUT2D eigenvalue weighted by Gasteiger charge is -2.06. The average molecular weight is 401 g/mol. The summed E-state index contributed by atoms with van der Waals surface area (Å²) in [6.45, 7) is 5.79. The molecule has 152 valence electrons. The van der Waals surface area contributed by atoms with Gasteiger partial charge in [-0.05, 0) is 67.8 Å². The Bertz CT molecular complexity index is 1100. The van der Waals surface area contributed by atoms with Gasteiger partial charge >= 0.3 is 0 Å². The van der Waals surface area contributed by atoms with E-state index >= 15 is 0 Å². The van der Waals surface area contributed by atoms with Crippen LogP contribution >= 0.6 is 0 Å². The maximum absolute atomic E-state index is 12.3. The second-order valence-electron chi connectivity index (χ2n) is 7.10. The zero-order valence-electron chi connectivity index (χ0n) is 16.9. The molecule has 0 saturated heterocycles.